The normalized spacial score (nSPS) is 12.2. The highest BCUT2D eigenvalue weighted by atomic mass is 32.2. The van der Waals surface area contributed by atoms with Crippen LogP contribution >= 0.6 is 0 Å². The molecular weight excluding hydrogens is 350 g/mol. The largest absolute Gasteiger partial charge is 0.356 e. The van der Waals surface area contributed by atoms with Crippen LogP contribution in [0.15, 0.2) is 58.5 Å². The number of hydrogen-bond acceptors (Lipinski definition) is 4. The average molecular weight is 375 g/mol. The van der Waals surface area contributed by atoms with Gasteiger partial charge in [-0.2, -0.15) is 0 Å². The zero-order valence-corrected chi connectivity index (χ0v) is 16.1. The molecule has 0 fully saturated rings. The quantitative estimate of drug-likeness (QED) is 0.562. The van der Waals surface area contributed by atoms with Crippen molar-refractivity contribution in [3.8, 4) is 0 Å². The van der Waals surface area contributed by atoms with Crippen LogP contribution in [0.25, 0.3) is 0 Å². The van der Waals surface area contributed by atoms with Crippen molar-refractivity contribution in [1.82, 2.24) is 19.9 Å². The maximum atomic E-state index is 12.1. The summed E-state index contributed by atoms with van der Waals surface area (Å²) in [6.45, 7) is 1.27. The van der Waals surface area contributed by atoms with Gasteiger partial charge in [0.15, 0.2) is 5.96 Å². The lowest BCUT2D eigenvalue weighted by Gasteiger charge is -2.13. The number of sulfonamides is 1. The molecule has 2 N–H and O–H groups in total. The van der Waals surface area contributed by atoms with Gasteiger partial charge in [-0.15, -0.1) is 0 Å². The Kier molecular flexibility index (Phi) is 7.11. The average Bonchev–Trinajstić information content (AvgIpc) is 2.65. The van der Waals surface area contributed by atoms with E-state index < -0.39 is 10.0 Å². The molecule has 0 aliphatic heterocycles. The van der Waals surface area contributed by atoms with Gasteiger partial charge in [-0.3, -0.25) is 9.98 Å². The van der Waals surface area contributed by atoms with Crippen LogP contribution in [0.4, 0.5) is 0 Å². The number of hydrogen-bond donors (Lipinski definition) is 2. The monoisotopic (exact) mass is 375 g/mol. The fourth-order valence-corrected chi connectivity index (χ4v) is 3.15. The van der Waals surface area contributed by atoms with Crippen LogP contribution < -0.4 is 10.6 Å². The van der Waals surface area contributed by atoms with Crippen LogP contribution in [0.2, 0.25) is 0 Å². The third kappa shape index (κ3) is 5.53. The molecule has 2 aromatic rings. The van der Waals surface area contributed by atoms with E-state index >= 15 is 0 Å². The van der Waals surface area contributed by atoms with Crippen molar-refractivity contribution >= 4 is 16.0 Å². The fourth-order valence-electron chi connectivity index (χ4n) is 2.25. The Morgan fingerprint density at radius 1 is 1.12 bits per heavy atom. The number of aromatic nitrogens is 1. The number of nitrogens with zero attached hydrogens (tertiary/aromatic N) is 3. The lowest BCUT2D eigenvalue weighted by atomic mass is 10.2. The third-order valence-electron chi connectivity index (χ3n) is 3.79. The Balaban J connectivity index is 1.84. The second-order valence-corrected chi connectivity index (χ2v) is 8.01. The minimum atomic E-state index is -3.40. The van der Waals surface area contributed by atoms with Crippen molar-refractivity contribution in [2.45, 2.75) is 17.9 Å². The topological polar surface area (TPSA) is 86.7 Å². The summed E-state index contributed by atoms with van der Waals surface area (Å²) < 4.78 is 25.3. The molecule has 2 rings (SSSR count). The number of nitrogens with one attached hydrogen (secondary N) is 2. The number of pyridine rings is 1. The molecule has 140 valence electrons. The molecule has 8 heteroatoms. The third-order valence-corrected chi connectivity index (χ3v) is 5.61. The van der Waals surface area contributed by atoms with Crippen LogP contribution in [0, 0.1) is 0 Å². The lowest BCUT2D eigenvalue weighted by Crippen LogP contribution is -2.37. The lowest BCUT2D eigenvalue weighted by molar-refractivity contribution is 0.520. The van der Waals surface area contributed by atoms with Crippen LogP contribution in [-0.2, 0) is 23.0 Å². The summed E-state index contributed by atoms with van der Waals surface area (Å²) in [5, 5.41) is 6.45. The van der Waals surface area contributed by atoms with Gasteiger partial charge in [0.2, 0.25) is 10.0 Å². The van der Waals surface area contributed by atoms with Gasteiger partial charge in [0.05, 0.1) is 4.90 Å². The van der Waals surface area contributed by atoms with E-state index in [1.54, 1.807) is 37.5 Å². The Morgan fingerprint density at radius 2 is 1.85 bits per heavy atom. The molecule has 0 saturated carbocycles. The smallest absolute Gasteiger partial charge is 0.242 e. The van der Waals surface area contributed by atoms with E-state index in [-0.39, 0.29) is 4.90 Å². The van der Waals surface area contributed by atoms with Gasteiger partial charge in [0.1, 0.15) is 0 Å². The molecule has 0 spiro atoms. The van der Waals surface area contributed by atoms with Crippen molar-refractivity contribution in [3.05, 3.63) is 59.9 Å². The maximum absolute atomic E-state index is 12.1. The van der Waals surface area contributed by atoms with E-state index in [0.29, 0.717) is 12.5 Å². The predicted molar refractivity (Wildman–Crippen MR) is 103 cm³/mol. The zero-order chi connectivity index (χ0) is 19.0. The first kappa shape index (κ1) is 19.9. The van der Waals surface area contributed by atoms with E-state index in [1.807, 2.05) is 18.2 Å². The molecular formula is C18H25N5O2S. The molecule has 1 heterocycles. The Labute approximate surface area is 155 Å². The van der Waals surface area contributed by atoms with E-state index in [0.717, 1.165) is 24.2 Å². The SMILES string of the molecule is CN=C(NCCc1ccccn1)NCc1ccc(S(=O)(=O)N(C)C)cc1. The molecule has 0 aliphatic rings. The van der Waals surface area contributed by atoms with Gasteiger partial charge in [-0.25, -0.2) is 12.7 Å². The van der Waals surface area contributed by atoms with Crippen molar-refractivity contribution in [2.75, 3.05) is 27.7 Å². The Bertz CT molecular complexity index is 818. The van der Waals surface area contributed by atoms with Crippen LogP contribution in [-0.4, -0.2) is 51.4 Å². The van der Waals surface area contributed by atoms with Crippen molar-refractivity contribution in [3.63, 3.8) is 0 Å². The van der Waals surface area contributed by atoms with Crippen LogP contribution in [0.3, 0.4) is 0 Å². The minimum Gasteiger partial charge on any atom is -0.356 e. The summed E-state index contributed by atoms with van der Waals surface area (Å²) in [5.74, 6) is 0.686. The molecule has 0 unspecified atom stereocenters. The minimum absolute atomic E-state index is 0.282. The summed E-state index contributed by atoms with van der Waals surface area (Å²) in [4.78, 5) is 8.75. The highest BCUT2D eigenvalue weighted by Gasteiger charge is 2.16. The molecule has 0 atom stereocenters. The molecule has 1 aromatic carbocycles. The summed E-state index contributed by atoms with van der Waals surface area (Å²) in [7, 11) is 1.35. The molecule has 0 amide bonds. The van der Waals surface area contributed by atoms with Crippen molar-refractivity contribution in [2.24, 2.45) is 4.99 Å². The van der Waals surface area contributed by atoms with E-state index in [9.17, 15) is 8.42 Å². The highest BCUT2D eigenvalue weighted by molar-refractivity contribution is 7.89. The molecule has 0 radical (unpaired) electrons. The van der Waals surface area contributed by atoms with Gasteiger partial charge in [-0.1, -0.05) is 18.2 Å². The number of aliphatic imine (C=N–C) groups is 1. The number of benzene rings is 1. The first-order valence-corrected chi connectivity index (χ1v) is 9.73. The van der Waals surface area contributed by atoms with E-state index in [4.69, 9.17) is 0 Å². The predicted octanol–water partition coefficient (Wildman–Crippen LogP) is 1.24. The molecule has 0 aliphatic carbocycles. The second kappa shape index (κ2) is 9.30. The Morgan fingerprint density at radius 3 is 2.42 bits per heavy atom. The van der Waals surface area contributed by atoms with E-state index in [1.165, 1.54) is 18.4 Å². The van der Waals surface area contributed by atoms with Crippen molar-refractivity contribution in [1.29, 1.82) is 0 Å². The number of rotatable bonds is 7. The maximum Gasteiger partial charge on any atom is 0.242 e. The first-order valence-electron chi connectivity index (χ1n) is 8.29. The van der Waals surface area contributed by atoms with Gasteiger partial charge in [-0.05, 0) is 29.8 Å². The van der Waals surface area contributed by atoms with Crippen molar-refractivity contribution < 1.29 is 8.42 Å². The molecule has 0 bridgehead atoms. The van der Waals surface area contributed by atoms with Gasteiger partial charge < -0.3 is 10.6 Å². The standard InChI is InChI=1S/C18H25N5O2S/c1-19-18(21-13-11-16-6-4-5-12-20-16)22-14-15-7-9-17(10-8-15)26(24,25)23(2)3/h4-10,12H,11,13-14H2,1-3H3,(H2,19,21,22). The fraction of sp³-hybridized carbons (Fsp3) is 0.333. The van der Waals surface area contributed by atoms with Gasteiger partial charge >= 0.3 is 0 Å². The summed E-state index contributed by atoms with van der Waals surface area (Å²) >= 11 is 0. The second-order valence-electron chi connectivity index (χ2n) is 5.85. The molecule has 1 aromatic heterocycles. The van der Waals surface area contributed by atoms with Crippen LogP contribution in [0.5, 0.6) is 0 Å². The zero-order valence-electron chi connectivity index (χ0n) is 15.3. The first-order chi connectivity index (χ1) is 12.4. The highest BCUT2D eigenvalue weighted by Crippen LogP contribution is 2.13. The van der Waals surface area contributed by atoms with Gasteiger partial charge in [0.25, 0.3) is 0 Å². The summed E-state index contributed by atoms with van der Waals surface area (Å²) in [6, 6.07) is 12.7. The molecule has 7 nitrogen and oxygen atoms in total. The molecule has 0 saturated heterocycles. The van der Waals surface area contributed by atoms with E-state index in [2.05, 4.69) is 20.6 Å². The summed E-state index contributed by atoms with van der Waals surface area (Å²) in [5.41, 5.74) is 1.99. The Hall–Kier alpha value is -2.45. The van der Waals surface area contributed by atoms with Gasteiger partial charge in [0, 0.05) is 52.5 Å². The number of guanidine groups is 1. The summed E-state index contributed by atoms with van der Waals surface area (Å²) in [6.07, 6.45) is 2.58. The van der Waals surface area contributed by atoms with Crippen LogP contribution in [0.1, 0.15) is 11.3 Å². The molecule has 26 heavy (non-hydrogen) atoms.